The molecular formula is C17H19FN2O3S. The first kappa shape index (κ1) is 18.3. The minimum absolute atomic E-state index is 0.413. The molecular weight excluding hydrogens is 331 g/mol. The molecule has 0 amide bonds. The van der Waals surface area contributed by atoms with E-state index in [1.54, 1.807) is 12.1 Å². The van der Waals surface area contributed by atoms with Crippen LogP contribution >= 0.6 is 0 Å². The number of methoxy groups -OCH3 is 1. The van der Waals surface area contributed by atoms with E-state index in [0.717, 1.165) is 5.56 Å². The van der Waals surface area contributed by atoms with Gasteiger partial charge in [0, 0.05) is 0 Å². The van der Waals surface area contributed by atoms with Crippen molar-refractivity contribution in [1.82, 2.24) is 4.72 Å². The zero-order valence-corrected chi connectivity index (χ0v) is 14.2. The lowest BCUT2D eigenvalue weighted by Gasteiger charge is -2.23. The van der Waals surface area contributed by atoms with E-state index in [4.69, 9.17) is 5.73 Å². The van der Waals surface area contributed by atoms with Gasteiger partial charge in [0.1, 0.15) is 22.8 Å². The number of hydrogen-bond acceptors (Lipinski definition) is 4. The molecule has 3 atom stereocenters. The van der Waals surface area contributed by atoms with Crippen molar-refractivity contribution in [2.75, 3.05) is 7.11 Å². The maximum absolute atomic E-state index is 13.1. The van der Waals surface area contributed by atoms with Crippen molar-refractivity contribution in [3.63, 3.8) is 0 Å². The second kappa shape index (κ2) is 8.14. The highest BCUT2D eigenvalue weighted by Crippen LogP contribution is 2.20. The molecule has 2 rings (SSSR count). The summed E-state index contributed by atoms with van der Waals surface area (Å²) in [5, 5.41) is 0. The predicted octanol–water partition coefficient (Wildman–Crippen LogP) is 1.99. The fraction of sp³-hybridized carbons (Fsp3) is 0.235. The largest absolute Gasteiger partial charge is 0.468 e. The molecule has 0 aromatic heterocycles. The summed E-state index contributed by atoms with van der Waals surface area (Å²) in [5.74, 6) is -1.07. The van der Waals surface area contributed by atoms with Crippen LogP contribution in [0.15, 0.2) is 53.4 Å². The number of carbonyl (C=O) groups is 1. The van der Waals surface area contributed by atoms with Crippen molar-refractivity contribution in [2.45, 2.75) is 23.9 Å². The molecule has 0 bridgehead atoms. The molecule has 128 valence electrons. The predicted molar refractivity (Wildman–Crippen MR) is 89.9 cm³/mol. The van der Waals surface area contributed by atoms with Crippen LogP contribution in [0, 0.1) is 12.7 Å². The van der Waals surface area contributed by atoms with Crippen LogP contribution in [0.5, 0.6) is 0 Å². The van der Waals surface area contributed by atoms with Crippen LogP contribution in [0.3, 0.4) is 0 Å². The van der Waals surface area contributed by atoms with Crippen LogP contribution in [-0.2, 0) is 20.5 Å². The van der Waals surface area contributed by atoms with Gasteiger partial charge < -0.3 is 10.5 Å². The van der Waals surface area contributed by atoms with E-state index in [2.05, 4.69) is 9.46 Å². The minimum atomic E-state index is -1.60. The standard InChI is InChI=1S/C17H19FN2O3S/c1-11-3-9-14(10-4-11)24(22)20-16(15(19)17(21)23-2)12-5-7-13(18)8-6-12/h3-10,15-16,20H,19H2,1-2H3/t15-,16+,24-/m0/s1. The number of ether oxygens (including phenoxy) is 1. The summed E-state index contributed by atoms with van der Waals surface area (Å²) in [7, 11) is -0.375. The first-order chi connectivity index (χ1) is 11.4. The van der Waals surface area contributed by atoms with Crippen LogP contribution in [0.25, 0.3) is 0 Å². The topological polar surface area (TPSA) is 81.4 Å². The summed E-state index contributed by atoms with van der Waals surface area (Å²) in [6.45, 7) is 1.93. The number of carbonyl (C=O) groups excluding carboxylic acids is 1. The van der Waals surface area contributed by atoms with Crippen molar-refractivity contribution >= 4 is 17.0 Å². The number of nitrogens with one attached hydrogen (secondary N) is 1. The Labute approximate surface area is 142 Å². The normalized spacial score (nSPS) is 14.7. The third-order valence-corrected chi connectivity index (χ3v) is 4.70. The average molecular weight is 350 g/mol. The summed E-state index contributed by atoms with van der Waals surface area (Å²) in [6.07, 6.45) is 0. The zero-order valence-electron chi connectivity index (χ0n) is 13.4. The lowest BCUT2D eigenvalue weighted by atomic mass is 10.0. The Bertz CT molecular complexity index is 720. The lowest BCUT2D eigenvalue weighted by Crippen LogP contribution is -2.44. The van der Waals surface area contributed by atoms with Gasteiger partial charge >= 0.3 is 5.97 Å². The Balaban J connectivity index is 2.28. The van der Waals surface area contributed by atoms with Crippen LogP contribution < -0.4 is 10.5 Å². The van der Waals surface area contributed by atoms with Gasteiger partial charge in [0.2, 0.25) is 0 Å². The number of benzene rings is 2. The van der Waals surface area contributed by atoms with E-state index >= 15 is 0 Å². The molecule has 24 heavy (non-hydrogen) atoms. The van der Waals surface area contributed by atoms with E-state index in [1.807, 2.05) is 19.1 Å². The van der Waals surface area contributed by atoms with Crippen molar-refractivity contribution in [1.29, 1.82) is 0 Å². The number of nitrogens with two attached hydrogens (primary N) is 1. The molecule has 0 saturated heterocycles. The van der Waals surface area contributed by atoms with Gasteiger partial charge in [-0.1, -0.05) is 29.8 Å². The summed E-state index contributed by atoms with van der Waals surface area (Å²) in [4.78, 5) is 12.3. The van der Waals surface area contributed by atoms with Gasteiger partial charge in [-0.25, -0.2) is 13.3 Å². The second-order valence-corrected chi connectivity index (χ2v) is 6.52. The Morgan fingerprint density at radius 3 is 2.29 bits per heavy atom. The SMILES string of the molecule is COC(=O)[C@@H](N)[C@H](N[S@@](=O)c1ccc(C)cc1)c1ccc(F)cc1. The molecule has 5 nitrogen and oxygen atoms in total. The van der Waals surface area contributed by atoms with Gasteiger partial charge in [0.15, 0.2) is 0 Å². The van der Waals surface area contributed by atoms with Crippen molar-refractivity contribution in [2.24, 2.45) is 5.73 Å². The van der Waals surface area contributed by atoms with Crippen molar-refractivity contribution in [3.8, 4) is 0 Å². The number of aryl methyl sites for hydroxylation is 1. The fourth-order valence-corrected chi connectivity index (χ4v) is 3.17. The van der Waals surface area contributed by atoms with Crippen LogP contribution in [0.2, 0.25) is 0 Å². The van der Waals surface area contributed by atoms with Gasteiger partial charge in [-0.2, -0.15) is 0 Å². The van der Waals surface area contributed by atoms with Gasteiger partial charge in [0.25, 0.3) is 0 Å². The number of rotatable bonds is 6. The third kappa shape index (κ3) is 4.47. The molecule has 0 radical (unpaired) electrons. The van der Waals surface area contributed by atoms with Crippen LogP contribution in [-0.4, -0.2) is 23.3 Å². The van der Waals surface area contributed by atoms with Gasteiger partial charge in [0.05, 0.1) is 18.0 Å². The van der Waals surface area contributed by atoms with E-state index in [-0.39, 0.29) is 0 Å². The summed E-state index contributed by atoms with van der Waals surface area (Å²) >= 11 is 0. The maximum atomic E-state index is 13.1. The van der Waals surface area contributed by atoms with Crippen LogP contribution in [0.4, 0.5) is 4.39 Å². The second-order valence-electron chi connectivity index (χ2n) is 5.28. The molecule has 2 aromatic rings. The van der Waals surface area contributed by atoms with E-state index in [0.29, 0.717) is 10.5 Å². The third-order valence-electron chi connectivity index (χ3n) is 3.53. The number of halogens is 1. The molecule has 0 heterocycles. The molecule has 0 spiro atoms. The molecule has 3 N–H and O–H groups in total. The van der Waals surface area contributed by atoms with Gasteiger partial charge in [-0.15, -0.1) is 0 Å². The van der Waals surface area contributed by atoms with E-state index in [9.17, 15) is 13.4 Å². The van der Waals surface area contributed by atoms with Gasteiger partial charge in [-0.3, -0.25) is 4.79 Å². The first-order valence-electron chi connectivity index (χ1n) is 7.26. The molecule has 7 heteroatoms. The quantitative estimate of drug-likeness (QED) is 0.781. The Morgan fingerprint density at radius 1 is 1.17 bits per heavy atom. The molecule has 2 aromatic carbocycles. The van der Waals surface area contributed by atoms with Crippen LogP contribution in [0.1, 0.15) is 17.2 Å². The smallest absolute Gasteiger partial charge is 0.324 e. The molecule has 0 saturated carbocycles. The monoisotopic (exact) mass is 350 g/mol. The Hall–Kier alpha value is -2.09. The minimum Gasteiger partial charge on any atom is -0.468 e. The fourth-order valence-electron chi connectivity index (χ4n) is 2.14. The van der Waals surface area contributed by atoms with Gasteiger partial charge in [-0.05, 0) is 36.8 Å². The maximum Gasteiger partial charge on any atom is 0.324 e. The van der Waals surface area contributed by atoms with Crippen molar-refractivity contribution in [3.05, 3.63) is 65.5 Å². The Morgan fingerprint density at radius 2 is 1.75 bits per heavy atom. The highest BCUT2D eigenvalue weighted by Gasteiger charge is 2.28. The summed E-state index contributed by atoms with van der Waals surface area (Å²) < 4.78 is 33.2. The molecule has 0 aliphatic heterocycles. The number of esters is 1. The molecule has 0 fully saturated rings. The summed E-state index contributed by atoms with van der Waals surface area (Å²) in [5.41, 5.74) is 7.50. The number of hydrogen-bond donors (Lipinski definition) is 2. The first-order valence-corrected chi connectivity index (χ1v) is 8.41. The van der Waals surface area contributed by atoms with E-state index < -0.39 is 34.9 Å². The highest BCUT2D eigenvalue weighted by atomic mass is 32.2. The Kier molecular flexibility index (Phi) is 6.19. The van der Waals surface area contributed by atoms with Crippen molar-refractivity contribution < 1.29 is 18.1 Å². The van der Waals surface area contributed by atoms with E-state index in [1.165, 1.54) is 31.4 Å². The highest BCUT2D eigenvalue weighted by molar-refractivity contribution is 7.83. The molecule has 0 aliphatic carbocycles. The zero-order chi connectivity index (χ0) is 17.7. The lowest BCUT2D eigenvalue weighted by molar-refractivity contribution is -0.142. The summed E-state index contributed by atoms with van der Waals surface area (Å²) in [6, 6.07) is 10.7. The molecule has 0 unspecified atom stereocenters. The average Bonchev–Trinajstić information content (AvgIpc) is 2.59. The molecule has 0 aliphatic rings.